The molecule has 1 aliphatic heterocycles. The zero-order chi connectivity index (χ0) is 13.2. The molecule has 1 aromatic heterocycles. The number of benzene rings is 1. The molecule has 0 amide bonds. The van der Waals surface area contributed by atoms with Crippen molar-refractivity contribution in [1.82, 2.24) is 14.8 Å². The second-order valence-corrected chi connectivity index (χ2v) is 4.80. The predicted molar refractivity (Wildman–Crippen MR) is 73.9 cm³/mol. The first-order valence-electron chi connectivity index (χ1n) is 6.20. The molecular formula is C13H15N3O2S. The van der Waals surface area contributed by atoms with Crippen LogP contribution in [-0.4, -0.2) is 35.1 Å². The maximum atomic E-state index is 5.51. The third-order valence-electron chi connectivity index (χ3n) is 3.22. The van der Waals surface area contributed by atoms with Crippen LogP contribution in [0.3, 0.4) is 0 Å². The average Bonchev–Trinajstić information content (AvgIpc) is 3.02. The van der Waals surface area contributed by atoms with Crippen LogP contribution >= 0.6 is 12.2 Å². The summed E-state index contributed by atoms with van der Waals surface area (Å²) >= 11 is 5.25. The maximum absolute atomic E-state index is 5.51. The largest absolute Gasteiger partial charge is 0.493 e. The molecule has 0 saturated carbocycles. The number of nitrogens with one attached hydrogen (secondary N) is 1. The second-order valence-electron chi connectivity index (χ2n) is 4.42. The lowest BCUT2D eigenvalue weighted by Gasteiger charge is -2.07. The van der Waals surface area contributed by atoms with Crippen molar-refractivity contribution in [1.29, 1.82) is 0 Å². The minimum atomic E-state index is 0.606. The highest BCUT2D eigenvalue weighted by atomic mass is 32.1. The van der Waals surface area contributed by atoms with Crippen molar-refractivity contribution in [2.45, 2.75) is 13.0 Å². The Bertz CT molecular complexity index is 648. The summed E-state index contributed by atoms with van der Waals surface area (Å²) < 4.78 is 13.2. The van der Waals surface area contributed by atoms with E-state index in [1.165, 1.54) is 5.56 Å². The molecule has 0 saturated heterocycles. The van der Waals surface area contributed by atoms with E-state index < -0.39 is 0 Å². The molecular weight excluding hydrogens is 262 g/mol. The summed E-state index contributed by atoms with van der Waals surface area (Å²) in [6.07, 6.45) is 0.951. The second kappa shape index (κ2) is 5.14. The smallest absolute Gasteiger partial charge is 0.195 e. The molecule has 19 heavy (non-hydrogen) atoms. The van der Waals surface area contributed by atoms with E-state index in [0.29, 0.717) is 17.9 Å². The number of H-pyrrole nitrogens is 1. The minimum Gasteiger partial charge on any atom is -0.493 e. The lowest BCUT2D eigenvalue weighted by Crippen LogP contribution is -2.06. The van der Waals surface area contributed by atoms with Gasteiger partial charge in [0.05, 0.1) is 19.8 Å². The van der Waals surface area contributed by atoms with Gasteiger partial charge >= 0.3 is 0 Å². The molecule has 1 aromatic carbocycles. The Balaban J connectivity index is 2.00. The molecule has 0 spiro atoms. The first-order valence-corrected chi connectivity index (χ1v) is 6.60. The summed E-state index contributed by atoms with van der Waals surface area (Å²) in [4.78, 5) is 0. The summed E-state index contributed by atoms with van der Waals surface area (Å²) in [5, 5.41) is 7.16. The number of ether oxygens (including phenoxy) is 2. The van der Waals surface area contributed by atoms with Gasteiger partial charge in [-0.15, -0.1) is 0 Å². The van der Waals surface area contributed by atoms with Gasteiger partial charge in [0.25, 0.3) is 0 Å². The van der Waals surface area contributed by atoms with Crippen LogP contribution in [-0.2, 0) is 17.7 Å². The third-order valence-corrected chi connectivity index (χ3v) is 3.54. The van der Waals surface area contributed by atoms with E-state index in [0.717, 1.165) is 30.2 Å². The van der Waals surface area contributed by atoms with Crippen LogP contribution in [0.25, 0.3) is 11.4 Å². The van der Waals surface area contributed by atoms with E-state index in [1.807, 2.05) is 16.7 Å². The molecule has 0 unspecified atom stereocenters. The van der Waals surface area contributed by atoms with Crippen molar-refractivity contribution in [2.75, 3.05) is 20.3 Å². The normalized spacial score (nSPS) is 13.3. The fourth-order valence-electron chi connectivity index (χ4n) is 2.25. The van der Waals surface area contributed by atoms with Crippen LogP contribution < -0.4 is 4.74 Å². The van der Waals surface area contributed by atoms with Gasteiger partial charge < -0.3 is 9.47 Å². The standard InChI is InChI=1S/C13H15N3O2S/c1-17-7-5-16-12(14-15-13(16)19)10-2-3-11-9(8-10)4-6-18-11/h2-3,8H,4-7H2,1H3,(H,15,19). The average molecular weight is 277 g/mol. The van der Waals surface area contributed by atoms with Crippen LogP contribution in [0, 0.1) is 4.77 Å². The zero-order valence-corrected chi connectivity index (χ0v) is 11.5. The molecule has 1 aliphatic rings. The Morgan fingerprint density at radius 3 is 3.26 bits per heavy atom. The van der Waals surface area contributed by atoms with Crippen LogP contribution in [0.5, 0.6) is 5.75 Å². The van der Waals surface area contributed by atoms with Crippen molar-refractivity contribution in [3.63, 3.8) is 0 Å². The van der Waals surface area contributed by atoms with Gasteiger partial charge in [-0.25, -0.2) is 0 Å². The number of nitrogens with zero attached hydrogens (tertiary/aromatic N) is 2. The third kappa shape index (κ3) is 2.29. The number of aromatic amines is 1. The van der Waals surface area contributed by atoms with Gasteiger partial charge in [-0.1, -0.05) is 0 Å². The fraction of sp³-hybridized carbons (Fsp3) is 0.385. The highest BCUT2D eigenvalue weighted by Gasteiger charge is 2.15. The maximum Gasteiger partial charge on any atom is 0.195 e. The Morgan fingerprint density at radius 1 is 1.53 bits per heavy atom. The van der Waals surface area contributed by atoms with Gasteiger partial charge in [0.1, 0.15) is 5.75 Å². The molecule has 6 heteroatoms. The molecule has 2 aromatic rings. The molecule has 3 rings (SSSR count). The van der Waals surface area contributed by atoms with Crippen LogP contribution in [0.4, 0.5) is 0 Å². The number of aromatic nitrogens is 3. The molecule has 2 heterocycles. The van der Waals surface area contributed by atoms with Crippen LogP contribution in [0.1, 0.15) is 5.56 Å². The molecule has 0 bridgehead atoms. The lowest BCUT2D eigenvalue weighted by atomic mass is 10.1. The van der Waals surface area contributed by atoms with E-state index in [2.05, 4.69) is 16.3 Å². The Morgan fingerprint density at radius 2 is 2.42 bits per heavy atom. The minimum absolute atomic E-state index is 0.606. The first-order chi connectivity index (χ1) is 9.29. The zero-order valence-electron chi connectivity index (χ0n) is 10.7. The quantitative estimate of drug-likeness (QED) is 0.870. The molecule has 5 nitrogen and oxygen atoms in total. The summed E-state index contributed by atoms with van der Waals surface area (Å²) in [5.74, 6) is 1.82. The lowest BCUT2D eigenvalue weighted by molar-refractivity contribution is 0.187. The Kier molecular flexibility index (Phi) is 3.35. The SMILES string of the molecule is COCCn1c(-c2ccc3c(c2)CCO3)n[nH]c1=S. The number of rotatable bonds is 4. The van der Waals surface area contributed by atoms with Gasteiger partial charge in [0.2, 0.25) is 0 Å². The summed E-state index contributed by atoms with van der Waals surface area (Å²) in [6.45, 7) is 2.05. The first kappa shape index (κ1) is 12.4. The molecule has 0 atom stereocenters. The van der Waals surface area contributed by atoms with Gasteiger partial charge in [-0.2, -0.15) is 5.10 Å². The fourth-order valence-corrected chi connectivity index (χ4v) is 2.48. The summed E-state index contributed by atoms with van der Waals surface area (Å²) in [6, 6.07) is 6.13. The number of hydrogen-bond acceptors (Lipinski definition) is 4. The van der Waals surface area contributed by atoms with Crippen molar-refractivity contribution in [2.24, 2.45) is 0 Å². The van der Waals surface area contributed by atoms with Gasteiger partial charge in [-0.05, 0) is 36.0 Å². The van der Waals surface area contributed by atoms with E-state index in [9.17, 15) is 0 Å². The molecule has 1 N–H and O–H groups in total. The van der Waals surface area contributed by atoms with Crippen LogP contribution in [0.2, 0.25) is 0 Å². The van der Waals surface area contributed by atoms with Gasteiger partial charge in [-0.3, -0.25) is 9.67 Å². The van der Waals surface area contributed by atoms with E-state index in [-0.39, 0.29) is 0 Å². The molecule has 0 aliphatic carbocycles. The van der Waals surface area contributed by atoms with Gasteiger partial charge in [0, 0.05) is 19.1 Å². The number of methoxy groups -OCH3 is 1. The molecule has 0 radical (unpaired) electrons. The van der Waals surface area contributed by atoms with Crippen LogP contribution in [0.15, 0.2) is 18.2 Å². The van der Waals surface area contributed by atoms with E-state index >= 15 is 0 Å². The molecule has 100 valence electrons. The highest BCUT2D eigenvalue weighted by Crippen LogP contribution is 2.29. The van der Waals surface area contributed by atoms with Gasteiger partial charge in [0.15, 0.2) is 10.6 Å². The Hall–Kier alpha value is -1.66. The van der Waals surface area contributed by atoms with Crippen molar-refractivity contribution in [3.8, 4) is 17.1 Å². The van der Waals surface area contributed by atoms with Crippen molar-refractivity contribution >= 4 is 12.2 Å². The summed E-state index contributed by atoms with van der Waals surface area (Å²) in [5.41, 5.74) is 2.28. The summed E-state index contributed by atoms with van der Waals surface area (Å²) in [7, 11) is 1.68. The number of hydrogen-bond donors (Lipinski definition) is 1. The van der Waals surface area contributed by atoms with E-state index in [1.54, 1.807) is 7.11 Å². The monoisotopic (exact) mass is 277 g/mol. The number of fused-ring (bicyclic) bond motifs is 1. The van der Waals surface area contributed by atoms with Crippen molar-refractivity contribution in [3.05, 3.63) is 28.5 Å². The highest BCUT2D eigenvalue weighted by molar-refractivity contribution is 7.71. The van der Waals surface area contributed by atoms with Crippen molar-refractivity contribution < 1.29 is 9.47 Å². The topological polar surface area (TPSA) is 52.1 Å². The predicted octanol–water partition coefficient (Wildman–Crippen LogP) is 2.19. The Labute approximate surface area is 116 Å². The molecule has 0 fully saturated rings. The van der Waals surface area contributed by atoms with E-state index in [4.69, 9.17) is 21.7 Å².